The van der Waals surface area contributed by atoms with Gasteiger partial charge in [0, 0.05) is 11.6 Å². The summed E-state index contributed by atoms with van der Waals surface area (Å²) in [6, 6.07) is 13.9. The smallest absolute Gasteiger partial charge is 0.257 e. The number of rotatable bonds is 8. The predicted molar refractivity (Wildman–Crippen MR) is 146 cm³/mol. The molecular weight excluding hydrogens is 500 g/mol. The van der Waals surface area contributed by atoms with E-state index < -0.39 is 6.04 Å². The van der Waals surface area contributed by atoms with Crippen LogP contribution in [0.5, 0.6) is 5.75 Å². The second kappa shape index (κ2) is 10.0. The summed E-state index contributed by atoms with van der Waals surface area (Å²) in [6.45, 7) is 2.84. The fraction of sp³-hybridized carbons (Fsp3) is 0.516. The molecule has 4 bridgehead atoms. The number of anilines is 1. The highest BCUT2D eigenvalue weighted by Crippen LogP contribution is 2.60. The Balaban J connectivity index is 1.29. The van der Waals surface area contributed by atoms with Crippen molar-refractivity contribution in [1.82, 2.24) is 4.90 Å². The average molecular weight is 535 g/mol. The van der Waals surface area contributed by atoms with Crippen LogP contribution in [-0.2, 0) is 20.8 Å². The number of hydrogen-bond acceptors (Lipinski definition) is 4. The molecule has 38 heavy (non-hydrogen) atoms. The van der Waals surface area contributed by atoms with Gasteiger partial charge >= 0.3 is 0 Å². The maximum Gasteiger partial charge on any atom is 0.257 e. The Labute approximate surface area is 229 Å². The Hall–Kier alpha value is -2.86. The summed E-state index contributed by atoms with van der Waals surface area (Å²) in [6.07, 6.45) is 7.07. The Morgan fingerprint density at radius 1 is 1.03 bits per heavy atom. The molecule has 1 unspecified atom stereocenters. The Kier molecular flexibility index (Phi) is 6.71. The van der Waals surface area contributed by atoms with E-state index in [0.717, 1.165) is 24.8 Å². The molecule has 1 saturated heterocycles. The largest absolute Gasteiger partial charge is 0.494 e. The quantitative estimate of drug-likeness (QED) is 0.410. The summed E-state index contributed by atoms with van der Waals surface area (Å²) in [5, 5.41) is 0.648. The van der Waals surface area contributed by atoms with Crippen molar-refractivity contribution >= 4 is 35.0 Å². The molecule has 0 N–H and O–H groups in total. The third kappa shape index (κ3) is 4.61. The molecule has 0 radical (unpaired) electrons. The van der Waals surface area contributed by atoms with Gasteiger partial charge in [-0.25, -0.2) is 4.90 Å². The fourth-order valence-electron chi connectivity index (χ4n) is 8.01. The number of halogens is 1. The van der Waals surface area contributed by atoms with Gasteiger partial charge in [0.2, 0.25) is 11.8 Å². The minimum Gasteiger partial charge on any atom is -0.494 e. The van der Waals surface area contributed by atoms with Gasteiger partial charge in [-0.05, 0) is 112 Å². The standard InChI is InChI=1S/C31H35ClN2O4/c1-2-38-26-8-6-25(7-9-26)34-28(35)16-27(29(34)36)33(11-10-20-4-3-5-24(32)15-20)30(37)31-17-21-12-22(18-31)14-23(13-21)19-31/h3-9,15,21-23,27H,2,10-14,16-19H2,1H3. The molecule has 7 heteroatoms. The van der Waals surface area contributed by atoms with Gasteiger partial charge < -0.3 is 9.64 Å². The van der Waals surface area contributed by atoms with Crippen LogP contribution in [0.4, 0.5) is 5.69 Å². The topological polar surface area (TPSA) is 66.9 Å². The van der Waals surface area contributed by atoms with Gasteiger partial charge in [-0.2, -0.15) is 0 Å². The normalized spacial score (nSPS) is 29.7. The first kappa shape index (κ1) is 25.4. The number of carbonyl (C=O) groups is 3. The van der Waals surface area contributed by atoms with Crippen molar-refractivity contribution in [2.24, 2.45) is 23.2 Å². The molecule has 2 aromatic rings. The first-order valence-electron chi connectivity index (χ1n) is 14.0. The van der Waals surface area contributed by atoms with Crippen molar-refractivity contribution in [2.75, 3.05) is 18.1 Å². The molecule has 1 heterocycles. The van der Waals surface area contributed by atoms with Crippen LogP contribution >= 0.6 is 11.6 Å². The summed E-state index contributed by atoms with van der Waals surface area (Å²) in [4.78, 5) is 44.5. The van der Waals surface area contributed by atoms with Gasteiger partial charge in [0.1, 0.15) is 11.8 Å². The molecule has 5 aliphatic rings. The van der Waals surface area contributed by atoms with E-state index in [4.69, 9.17) is 16.3 Å². The van der Waals surface area contributed by atoms with Crippen LogP contribution in [-0.4, -0.2) is 41.8 Å². The lowest BCUT2D eigenvalue weighted by atomic mass is 9.49. The SMILES string of the molecule is CCOc1ccc(N2C(=O)CC(N(CCc3cccc(Cl)c3)C(=O)C34CC5CC(CC(C5)C3)C4)C2=O)cc1. The van der Waals surface area contributed by atoms with E-state index in [1.165, 1.54) is 24.2 Å². The zero-order valence-corrected chi connectivity index (χ0v) is 22.7. The minimum atomic E-state index is -0.784. The monoisotopic (exact) mass is 534 g/mol. The van der Waals surface area contributed by atoms with E-state index >= 15 is 0 Å². The van der Waals surface area contributed by atoms with Crippen molar-refractivity contribution in [3.8, 4) is 5.75 Å². The van der Waals surface area contributed by atoms with Crippen LogP contribution in [0.3, 0.4) is 0 Å². The highest BCUT2D eigenvalue weighted by Gasteiger charge is 2.57. The number of carbonyl (C=O) groups excluding carboxylic acids is 3. The Bertz CT molecular complexity index is 1210. The molecule has 3 amide bonds. The maximum atomic E-state index is 14.5. The van der Waals surface area contributed by atoms with E-state index in [0.29, 0.717) is 53.8 Å². The van der Waals surface area contributed by atoms with Crippen molar-refractivity contribution < 1.29 is 19.1 Å². The van der Waals surface area contributed by atoms with E-state index in [1.54, 1.807) is 29.2 Å². The van der Waals surface area contributed by atoms with Gasteiger partial charge in [0.15, 0.2) is 0 Å². The Morgan fingerprint density at radius 2 is 1.68 bits per heavy atom. The molecule has 200 valence electrons. The van der Waals surface area contributed by atoms with E-state index in [1.807, 2.05) is 31.2 Å². The van der Waals surface area contributed by atoms with Gasteiger partial charge in [-0.3, -0.25) is 14.4 Å². The van der Waals surface area contributed by atoms with Crippen LogP contribution in [0.1, 0.15) is 57.4 Å². The first-order valence-corrected chi connectivity index (χ1v) is 14.4. The average Bonchev–Trinajstić information content (AvgIpc) is 3.17. The van der Waals surface area contributed by atoms with Gasteiger partial charge in [-0.1, -0.05) is 23.7 Å². The third-order valence-corrected chi connectivity index (χ3v) is 9.42. The number of ether oxygens (including phenoxy) is 1. The van der Waals surface area contributed by atoms with Gasteiger partial charge in [0.05, 0.1) is 24.1 Å². The lowest BCUT2D eigenvalue weighted by molar-refractivity contribution is -0.161. The zero-order valence-electron chi connectivity index (χ0n) is 21.9. The third-order valence-electron chi connectivity index (χ3n) is 9.19. The predicted octanol–water partition coefficient (Wildman–Crippen LogP) is 5.66. The summed E-state index contributed by atoms with van der Waals surface area (Å²) >= 11 is 6.23. The highest BCUT2D eigenvalue weighted by molar-refractivity contribution is 6.30. The summed E-state index contributed by atoms with van der Waals surface area (Å²) < 4.78 is 5.52. The van der Waals surface area contributed by atoms with Crippen LogP contribution in [0.15, 0.2) is 48.5 Å². The molecule has 2 aromatic carbocycles. The molecule has 1 atom stereocenters. The maximum absolute atomic E-state index is 14.5. The molecular formula is C31H35ClN2O4. The van der Waals surface area contributed by atoms with Crippen molar-refractivity contribution in [2.45, 2.75) is 64.3 Å². The fourth-order valence-corrected chi connectivity index (χ4v) is 8.22. The second-order valence-electron chi connectivity index (χ2n) is 11.8. The molecule has 0 aromatic heterocycles. The second-order valence-corrected chi connectivity index (χ2v) is 12.2. The zero-order chi connectivity index (χ0) is 26.4. The summed E-state index contributed by atoms with van der Waals surface area (Å²) in [7, 11) is 0. The van der Waals surface area contributed by atoms with Crippen molar-refractivity contribution in [3.05, 3.63) is 59.1 Å². The van der Waals surface area contributed by atoms with Gasteiger partial charge in [0.25, 0.3) is 5.91 Å². The van der Waals surface area contributed by atoms with E-state index in [2.05, 4.69) is 0 Å². The van der Waals surface area contributed by atoms with Crippen LogP contribution < -0.4 is 9.64 Å². The van der Waals surface area contributed by atoms with Crippen LogP contribution in [0.25, 0.3) is 0 Å². The number of benzene rings is 2. The first-order chi connectivity index (χ1) is 18.3. The van der Waals surface area contributed by atoms with Crippen LogP contribution in [0, 0.1) is 23.2 Å². The van der Waals surface area contributed by atoms with E-state index in [9.17, 15) is 14.4 Å². The number of nitrogens with zero attached hydrogens (tertiary/aromatic N) is 2. The van der Waals surface area contributed by atoms with Gasteiger partial charge in [-0.15, -0.1) is 0 Å². The number of hydrogen-bond donors (Lipinski definition) is 0. The minimum absolute atomic E-state index is 0.0136. The molecule has 4 saturated carbocycles. The van der Waals surface area contributed by atoms with E-state index in [-0.39, 0.29) is 29.6 Å². The van der Waals surface area contributed by atoms with Crippen molar-refractivity contribution in [3.63, 3.8) is 0 Å². The van der Waals surface area contributed by atoms with Crippen molar-refractivity contribution in [1.29, 1.82) is 0 Å². The summed E-state index contributed by atoms with van der Waals surface area (Å²) in [5.74, 6) is 2.02. The number of amides is 3. The summed E-state index contributed by atoms with van der Waals surface area (Å²) in [5.41, 5.74) is 1.14. The molecule has 1 aliphatic heterocycles. The molecule has 5 fully saturated rings. The molecule has 4 aliphatic carbocycles. The molecule has 0 spiro atoms. The molecule has 7 rings (SSSR count). The molecule has 6 nitrogen and oxygen atoms in total. The highest BCUT2D eigenvalue weighted by atomic mass is 35.5. The van der Waals surface area contributed by atoms with Crippen LogP contribution in [0.2, 0.25) is 5.02 Å². The Morgan fingerprint density at radius 3 is 2.29 bits per heavy atom. The lowest BCUT2D eigenvalue weighted by Crippen LogP contribution is -2.58. The lowest BCUT2D eigenvalue weighted by Gasteiger charge is -2.57. The number of imide groups is 1.